The van der Waals surface area contributed by atoms with Crippen LogP contribution in [0.25, 0.3) is 43.1 Å². The van der Waals surface area contributed by atoms with E-state index < -0.39 is 46.1 Å². The molecule has 164 valence electrons. The van der Waals surface area contributed by atoms with Crippen LogP contribution in [0.3, 0.4) is 0 Å². The average Bonchev–Trinajstić information content (AvgIpc) is 2.75. The van der Waals surface area contributed by atoms with Gasteiger partial charge in [0.2, 0.25) is 0 Å². The number of rotatable bonds is 4. The van der Waals surface area contributed by atoms with Gasteiger partial charge >= 0.3 is 23.9 Å². The van der Waals surface area contributed by atoms with Crippen molar-refractivity contribution in [3.05, 3.63) is 70.8 Å². The van der Waals surface area contributed by atoms with Crippen LogP contribution in [0.5, 0.6) is 0 Å². The molecule has 0 spiro atoms. The molecular weight excluding hydrogens is 517 g/mol. The van der Waals surface area contributed by atoms with E-state index in [1.807, 2.05) is 12.1 Å². The predicted molar refractivity (Wildman–Crippen MR) is 115 cm³/mol. The van der Waals surface area contributed by atoms with E-state index in [-0.39, 0.29) is 35.6 Å². The van der Waals surface area contributed by atoms with Gasteiger partial charge < -0.3 is 20.4 Å². The van der Waals surface area contributed by atoms with Gasteiger partial charge in [0.05, 0.1) is 22.3 Å². The second-order valence-corrected chi connectivity index (χ2v) is 7.34. The van der Waals surface area contributed by atoms with Crippen LogP contribution in [-0.4, -0.2) is 44.3 Å². The van der Waals surface area contributed by atoms with Crippen molar-refractivity contribution in [1.29, 1.82) is 0 Å². The Hall–Kier alpha value is -4.10. The van der Waals surface area contributed by atoms with E-state index >= 15 is 0 Å². The molecule has 0 atom stereocenters. The Bertz CT molecular complexity index is 1680. The van der Waals surface area contributed by atoms with Crippen LogP contribution in [0, 0.1) is 0 Å². The molecule has 0 aromatic heterocycles. The summed E-state index contributed by atoms with van der Waals surface area (Å²) in [5, 5.41) is 42.3. The summed E-state index contributed by atoms with van der Waals surface area (Å²) in [5.74, 6) is -6.58. The zero-order chi connectivity index (χ0) is 22.9. The number of aromatic carboxylic acids is 4. The number of benzene rings is 5. The number of carboxylic acid groups (broad SMARTS) is 4. The number of fused-ring (bicyclic) bond motifs is 2. The number of hydrogen-bond acceptors (Lipinski definition) is 4. The van der Waals surface area contributed by atoms with Crippen molar-refractivity contribution < 1.29 is 59.1 Å². The van der Waals surface area contributed by atoms with Crippen LogP contribution >= 0.6 is 0 Å². The summed E-state index contributed by atoms with van der Waals surface area (Å²) in [6, 6.07) is 13.2. The maximum absolute atomic E-state index is 12.3. The Labute approximate surface area is 196 Å². The molecule has 0 radical (unpaired) electrons. The fraction of sp³-hybridized carbons (Fsp3) is 0. The van der Waals surface area contributed by atoms with E-state index in [4.69, 9.17) is 0 Å². The van der Waals surface area contributed by atoms with Crippen LogP contribution in [0.4, 0.5) is 0 Å². The molecule has 0 heterocycles. The third-order valence-corrected chi connectivity index (χ3v) is 5.79. The molecule has 0 amide bonds. The number of carbonyl (C=O) groups is 4. The first-order chi connectivity index (χ1) is 15.2. The minimum atomic E-state index is -1.77. The largest absolute Gasteiger partial charge is 0.478 e. The molecule has 5 aromatic carbocycles. The van der Waals surface area contributed by atoms with E-state index in [0.717, 1.165) is 5.39 Å². The predicted octanol–water partition coefficient (Wildman–Crippen LogP) is 4.53. The summed E-state index contributed by atoms with van der Waals surface area (Å²) in [5.41, 5.74) is -2.93. The Kier molecular flexibility index (Phi) is 5.02. The first-order valence-corrected chi connectivity index (χ1v) is 9.36. The van der Waals surface area contributed by atoms with Gasteiger partial charge in [0, 0.05) is 35.6 Å². The first kappa shape index (κ1) is 22.1. The Morgan fingerprint density at radius 2 is 1.00 bits per heavy atom. The van der Waals surface area contributed by atoms with Crippen LogP contribution < -0.4 is 0 Å². The molecule has 0 fully saturated rings. The molecule has 4 N–H and O–H groups in total. The summed E-state index contributed by atoms with van der Waals surface area (Å²) in [6.45, 7) is 0. The van der Waals surface area contributed by atoms with E-state index in [1.54, 1.807) is 24.3 Å². The molecule has 5 rings (SSSR count). The fourth-order valence-electron chi connectivity index (χ4n) is 4.71. The van der Waals surface area contributed by atoms with Gasteiger partial charge in [0.1, 0.15) is 0 Å². The van der Waals surface area contributed by atoms with Gasteiger partial charge in [0.25, 0.3) is 0 Å². The van der Waals surface area contributed by atoms with Crippen molar-refractivity contribution in [3.8, 4) is 0 Å². The van der Waals surface area contributed by atoms with Gasteiger partial charge in [-0.25, -0.2) is 19.2 Å². The average molecular weight is 529 g/mol. The molecule has 33 heavy (non-hydrogen) atoms. The van der Waals surface area contributed by atoms with E-state index in [9.17, 15) is 39.6 Å². The second kappa shape index (κ2) is 7.50. The molecule has 0 bridgehead atoms. The smallest absolute Gasteiger partial charge is 0.337 e. The Balaban J connectivity index is 0.00000259. The Morgan fingerprint density at radius 1 is 0.485 bits per heavy atom. The zero-order valence-electron chi connectivity index (χ0n) is 16.4. The summed E-state index contributed by atoms with van der Waals surface area (Å²) < 4.78 is 0. The molecule has 9 heteroatoms. The molecule has 5 aromatic rings. The summed E-state index contributed by atoms with van der Waals surface area (Å²) in [6.07, 6.45) is 0. The molecule has 0 saturated heterocycles. The molecule has 0 unspecified atom stereocenters. The molecular formula is C24H12O8Ru. The van der Waals surface area contributed by atoms with Crippen LogP contribution in [0.2, 0.25) is 0 Å². The van der Waals surface area contributed by atoms with Gasteiger partial charge in [-0.2, -0.15) is 0 Å². The zero-order valence-corrected chi connectivity index (χ0v) is 18.1. The first-order valence-electron chi connectivity index (χ1n) is 9.36. The van der Waals surface area contributed by atoms with Crippen molar-refractivity contribution in [2.45, 2.75) is 0 Å². The monoisotopic (exact) mass is 530 g/mol. The third kappa shape index (κ3) is 2.86. The maximum atomic E-state index is 12.3. The minimum Gasteiger partial charge on any atom is -0.478 e. The summed E-state index contributed by atoms with van der Waals surface area (Å²) in [4.78, 5) is 48.7. The van der Waals surface area contributed by atoms with Crippen molar-refractivity contribution in [1.82, 2.24) is 0 Å². The SMILES string of the molecule is O=C(O)c1c(C(=O)O)c2c(C(=O)O)ccc3c4cccc5cccc(c(c1C(=O)O)c23)c54.[Ru]. The van der Waals surface area contributed by atoms with E-state index in [1.165, 1.54) is 12.1 Å². The van der Waals surface area contributed by atoms with Crippen LogP contribution in [-0.2, 0) is 19.5 Å². The van der Waals surface area contributed by atoms with Crippen molar-refractivity contribution in [3.63, 3.8) is 0 Å². The van der Waals surface area contributed by atoms with E-state index in [2.05, 4.69) is 0 Å². The van der Waals surface area contributed by atoms with Crippen LogP contribution in [0.1, 0.15) is 41.4 Å². The maximum Gasteiger partial charge on any atom is 0.337 e. The molecule has 0 aliphatic rings. The normalized spacial score (nSPS) is 11.2. The molecule has 0 aliphatic heterocycles. The Morgan fingerprint density at radius 3 is 1.55 bits per heavy atom. The van der Waals surface area contributed by atoms with Crippen molar-refractivity contribution in [2.24, 2.45) is 0 Å². The quantitative estimate of drug-likeness (QED) is 0.151. The number of hydrogen-bond donors (Lipinski definition) is 4. The minimum absolute atomic E-state index is 0. The molecule has 0 saturated carbocycles. The van der Waals surface area contributed by atoms with Crippen molar-refractivity contribution in [2.75, 3.05) is 0 Å². The third-order valence-electron chi connectivity index (χ3n) is 5.79. The molecule has 0 aliphatic carbocycles. The number of carboxylic acids is 4. The van der Waals surface area contributed by atoms with Crippen molar-refractivity contribution >= 4 is 67.0 Å². The van der Waals surface area contributed by atoms with Gasteiger partial charge in [-0.3, -0.25) is 0 Å². The second-order valence-electron chi connectivity index (χ2n) is 7.34. The van der Waals surface area contributed by atoms with E-state index in [0.29, 0.717) is 21.5 Å². The van der Waals surface area contributed by atoms with Gasteiger partial charge in [-0.1, -0.05) is 42.5 Å². The van der Waals surface area contributed by atoms with Gasteiger partial charge in [0.15, 0.2) is 0 Å². The molecule has 8 nitrogen and oxygen atoms in total. The fourth-order valence-corrected chi connectivity index (χ4v) is 4.71. The summed E-state index contributed by atoms with van der Waals surface area (Å²) in [7, 11) is 0. The standard InChI is InChI=1S/C24H12O8.Ru/c25-21(26)13-8-7-11-10-5-1-3-9-4-2-6-12(14(9)10)16-15(11)17(13)19(23(29)30)20(24(31)32)18(16)22(27)28;/h1-8H,(H,25,26)(H,27,28)(H,29,30)(H,31,32);. The van der Waals surface area contributed by atoms with Gasteiger partial charge in [-0.15, -0.1) is 0 Å². The topological polar surface area (TPSA) is 149 Å². The summed E-state index contributed by atoms with van der Waals surface area (Å²) >= 11 is 0. The van der Waals surface area contributed by atoms with Crippen LogP contribution in [0.15, 0.2) is 48.5 Å². The van der Waals surface area contributed by atoms with Gasteiger partial charge in [-0.05, 0) is 33.0 Å².